The highest BCUT2D eigenvalue weighted by Gasteiger charge is 2.21. The van der Waals surface area contributed by atoms with Gasteiger partial charge in [-0.2, -0.15) is 0 Å². The van der Waals surface area contributed by atoms with Gasteiger partial charge in [0.15, 0.2) is 18.1 Å². The average molecular weight is 281 g/mol. The van der Waals surface area contributed by atoms with Crippen LogP contribution in [0.15, 0.2) is 12.1 Å². The van der Waals surface area contributed by atoms with E-state index in [0.29, 0.717) is 30.5 Å². The van der Waals surface area contributed by atoms with Crippen LogP contribution in [0, 0.1) is 0 Å². The lowest BCUT2D eigenvalue weighted by Crippen LogP contribution is -2.25. The number of carbonyl (C=O) groups excluding carboxylic acids is 2. The zero-order chi connectivity index (χ0) is 14.5. The predicted molar refractivity (Wildman–Crippen MR) is 68.3 cm³/mol. The van der Waals surface area contributed by atoms with E-state index in [1.807, 2.05) is 0 Å². The van der Waals surface area contributed by atoms with Gasteiger partial charge in [0.05, 0.1) is 12.7 Å². The minimum Gasteiger partial charge on any atom is -0.493 e. The SMILES string of the molecule is CNC(=O)COC(=O)c1cc(OC)c2c(c1)OCCO2. The van der Waals surface area contributed by atoms with E-state index in [-0.39, 0.29) is 18.1 Å². The number of ether oxygens (including phenoxy) is 4. The summed E-state index contributed by atoms with van der Waals surface area (Å²) in [6.07, 6.45) is 0. The highest BCUT2D eigenvalue weighted by molar-refractivity contribution is 5.92. The van der Waals surface area contributed by atoms with E-state index in [0.717, 1.165) is 0 Å². The van der Waals surface area contributed by atoms with Crippen molar-refractivity contribution in [2.24, 2.45) is 0 Å². The molecule has 1 aliphatic heterocycles. The lowest BCUT2D eigenvalue weighted by molar-refractivity contribution is -0.123. The van der Waals surface area contributed by atoms with Crippen LogP contribution in [-0.4, -0.2) is 45.9 Å². The van der Waals surface area contributed by atoms with E-state index in [1.165, 1.54) is 26.3 Å². The first-order valence-electron chi connectivity index (χ1n) is 6.01. The number of nitrogens with one attached hydrogen (secondary N) is 1. The summed E-state index contributed by atoms with van der Waals surface area (Å²) in [5, 5.41) is 2.36. The molecule has 0 atom stereocenters. The summed E-state index contributed by atoms with van der Waals surface area (Å²) < 4.78 is 20.9. The van der Waals surface area contributed by atoms with Crippen LogP contribution < -0.4 is 19.5 Å². The highest BCUT2D eigenvalue weighted by Crippen LogP contribution is 2.40. The van der Waals surface area contributed by atoms with Crippen LogP contribution in [0.25, 0.3) is 0 Å². The van der Waals surface area contributed by atoms with Gasteiger partial charge in [0.2, 0.25) is 5.75 Å². The molecule has 1 N–H and O–H groups in total. The molecule has 0 aliphatic carbocycles. The summed E-state index contributed by atoms with van der Waals surface area (Å²) in [5.41, 5.74) is 0.231. The Morgan fingerprint density at radius 1 is 1.30 bits per heavy atom. The van der Waals surface area contributed by atoms with Crippen molar-refractivity contribution in [1.82, 2.24) is 5.32 Å². The van der Waals surface area contributed by atoms with Crippen LogP contribution in [0.1, 0.15) is 10.4 Å². The van der Waals surface area contributed by atoms with Gasteiger partial charge in [-0.1, -0.05) is 0 Å². The smallest absolute Gasteiger partial charge is 0.338 e. The highest BCUT2D eigenvalue weighted by atomic mass is 16.6. The molecule has 1 heterocycles. The number of carbonyl (C=O) groups is 2. The number of hydrogen-bond donors (Lipinski definition) is 1. The third-order valence-electron chi connectivity index (χ3n) is 2.68. The van der Waals surface area contributed by atoms with Gasteiger partial charge >= 0.3 is 5.97 Å². The van der Waals surface area contributed by atoms with Crippen molar-refractivity contribution in [2.45, 2.75) is 0 Å². The molecule has 0 fully saturated rings. The first-order chi connectivity index (χ1) is 9.65. The fourth-order valence-electron chi connectivity index (χ4n) is 1.68. The summed E-state index contributed by atoms with van der Waals surface area (Å²) in [5.74, 6) is 0.241. The molecule has 0 aromatic heterocycles. The van der Waals surface area contributed by atoms with Crippen LogP contribution in [0.2, 0.25) is 0 Å². The molecule has 2 rings (SSSR count). The van der Waals surface area contributed by atoms with E-state index < -0.39 is 5.97 Å². The molecular formula is C13H15NO6. The molecule has 0 saturated carbocycles. The molecule has 0 bridgehead atoms. The Hall–Kier alpha value is -2.44. The number of esters is 1. The van der Waals surface area contributed by atoms with Gasteiger partial charge in [0.1, 0.15) is 13.2 Å². The van der Waals surface area contributed by atoms with Gasteiger partial charge in [-0.3, -0.25) is 4.79 Å². The Morgan fingerprint density at radius 2 is 2.05 bits per heavy atom. The second kappa shape index (κ2) is 6.14. The van der Waals surface area contributed by atoms with Crippen LogP contribution >= 0.6 is 0 Å². The summed E-state index contributed by atoms with van der Waals surface area (Å²) >= 11 is 0. The van der Waals surface area contributed by atoms with E-state index in [9.17, 15) is 9.59 Å². The lowest BCUT2D eigenvalue weighted by atomic mass is 10.1. The van der Waals surface area contributed by atoms with Gasteiger partial charge in [-0.25, -0.2) is 4.79 Å². The molecule has 108 valence electrons. The Kier molecular flexibility index (Phi) is 4.29. The van der Waals surface area contributed by atoms with Gasteiger partial charge < -0.3 is 24.3 Å². The van der Waals surface area contributed by atoms with Crippen molar-refractivity contribution in [2.75, 3.05) is 34.0 Å². The van der Waals surface area contributed by atoms with Crippen molar-refractivity contribution < 1.29 is 28.5 Å². The fourth-order valence-corrected chi connectivity index (χ4v) is 1.68. The zero-order valence-electron chi connectivity index (χ0n) is 11.2. The van der Waals surface area contributed by atoms with E-state index in [4.69, 9.17) is 18.9 Å². The number of likely N-dealkylation sites (N-methyl/N-ethyl adjacent to an activating group) is 1. The van der Waals surface area contributed by atoms with E-state index in [1.54, 1.807) is 0 Å². The third kappa shape index (κ3) is 2.93. The molecule has 1 amide bonds. The normalized spacial score (nSPS) is 12.5. The maximum Gasteiger partial charge on any atom is 0.338 e. The molecule has 0 unspecified atom stereocenters. The maximum absolute atomic E-state index is 11.9. The van der Waals surface area contributed by atoms with Crippen molar-refractivity contribution in [1.29, 1.82) is 0 Å². The first kappa shape index (κ1) is 14.0. The predicted octanol–water partition coefficient (Wildman–Crippen LogP) is 0.369. The number of methoxy groups -OCH3 is 1. The second-order valence-electron chi connectivity index (χ2n) is 3.95. The summed E-state index contributed by atoms with van der Waals surface area (Å²) in [6, 6.07) is 2.99. The van der Waals surface area contributed by atoms with Crippen LogP contribution in [0.4, 0.5) is 0 Å². The molecule has 1 aliphatic rings. The van der Waals surface area contributed by atoms with Crippen molar-refractivity contribution in [3.8, 4) is 17.2 Å². The van der Waals surface area contributed by atoms with Gasteiger partial charge in [0, 0.05) is 7.05 Å². The first-order valence-corrected chi connectivity index (χ1v) is 6.01. The van der Waals surface area contributed by atoms with Crippen LogP contribution in [0.3, 0.4) is 0 Å². The monoisotopic (exact) mass is 281 g/mol. The van der Waals surface area contributed by atoms with Crippen molar-refractivity contribution >= 4 is 11.9 Å². The molecule has 0 spiro atoms. The molecule has 20 heavy (non-hydrogen) atoms. The summed E-state index contributed by atoms with van der Waals surface area (Å²) in [7, 11) is 2.93. The Bertz CT molecular complexity index is 511. The van der Waals surface area contributed by atoms with Crippen molar-refractivity contribution in [3.63, 3.8) is 0 Å². The second-order valence-corrected chi connectivity index (χ2v) is 3.95. The minimum absolute atomic E-state index is 0.231. The maximum atomic E-state index is 11.9. The van der Waals surface area contributed by atoms with Crippen molar-refractivity contribution in [3.05, 3.63) is 17.7 Å². The van der Waals surface area contributed by atoms with E-state index in [2.05, 4.69) is 5.32 Å². The molecule has 0 saturated heterocycles. The standard InChI is InChI=1S/C13H15NO6/c1-14-11(15)7-20-13(16)8-5-9(17-2)12-10(6-8)18-3-4-19-12/h5-6H,3-4,7H2,1-2H3,(H,14,15). The average Bonchev–Trinajstić information content (AvgIpc) is 2.50. The molecule has 7 heteroatoms. The lowest BCUT2D eigenvalue weighted by Gasteiger charge is -2.21. The fraction of sp³-hybridized carbons (Fsp3) is 0.385. The Balaban J connectivity index is 2.19. The number of benzene rings is 1. The molecule has 1 aromatic carbocycles. The van der Waals surface area contributed by atoms with Gasteiger partial charge in [-0.05, 0) is 12.1 Å². The molecule has 7 nitrogen and oxygen atoms in total. The van der Waals surface area contributed by atoms with Gasteiger partial charge in [-0.15, -0.1) is 0 Å². The quantitative estimate of drug-likeness (QED) is 0.803. The van der Waals surface area contributed by atoms with Crippen LogP contribution in [0.5, 0.6) is 17.2 Å². The summed E-state index contributed by atoms with van der Waals surface area (Å²) in [4.78, 5) is 22.9. The number of amides is 1. The largest absolute Gasteiger partial charge is 0.493 e. The number of fused-ring (bicyclic) bond motifs is 1. The van der Waals surface area contributed by atoms with Gasteiger partial charge in [0.25, 0.3) is 5.91 Å². The summed E-state index contributed by atoms with van der Waals surface area (Å²) in [6.45, 7) is 0.475. The Morgan fingerprint density at radius 3 is 2.75 bits per heavy atom. The topological polar surface area (TPSA) is 83.1 Å². The van der Waals surface area contributed by atoms with Crippen LogP contribution in [-0.2, 0) is 9.53 Å². The zero-order valence-corrected chi connectivity index (χ0v) is 11.2. The minimum atomic E-state index is -0.635. The third-order valence-corrected chi connectivity index (χ3v) is 2.68. The number of rotatable bonds is 4. The molecule has 1 aromatic rings. The van der Waals surface area contributed by atoms with E-state index >= 15 is 0 Å². The number of hydrogen-bond acceptors (Lipinski definition) is 6. The molecular weight excluding hydrogens is 266 g/mol. The molecule has 0 radical (unpaired) electrons. The Labute approximate surface area is 115 Å².